The summed E-state index contributed by atoms with van der Waals surface area (Å²) in [6, 6.07) is 0. The summed E-state index contributed by atoms with van der Waals surface area (Å²) in [4.78, 5) is 9.69. The number of nitrogens with zero attached hydrogens (tertiary/aromatic N) is 2. The number of hydrogen-bond acceptors (Lipinski definition) is 4. The van der Waals surface area contributed by atoms with Crippen LogP contribution in [0.3, 0.4) is 0 Å². The summed E-state index contributed by atoms with van der Waals surface area (Å²) in [6.07, 6.45) is 11.9. The number of aryl methyl sites for hydroxylation is 1. The lowest BCUT2D eigenvalue weighted by Gasteiger charge is -2.22. The molecule has 116 valence electrons. The van der Waals surface area contributed by atoms with Crippen molar-refractivity contribution in [1.29, 1.82) is 0 Å². The lowest BCUT2D eigenvalue weighted by atomic mass is 9.96. The van der Waals surface area contributed by atoms with E-state index in [4.69, 9.17) is 9.97 Å². The Morgan fingerprint density at radius 3 is 2.67 bits per heavy atom. The molecule has 2 aliphatic carbocycles. The molecular formula is C17H27N3S. The lowest BCUT2D eigenvalue weighted by molar-refractivity contribution is 0.516. The predicted molar refractivity (Wildman–Crippen MR) is 91.0 cm³/mol. The smallest absolute Gasteiger partial charge is 0.140 e. The van der Waals surface area contributed by atoms with Gasteiger partial charge in [-0.2, -0.15) is 11.8 Å². The highest BCUT2D eigenvalue weighted by Crippen LogP contribution is 2.31. The van der Waals surface area contributed by atoms with Gasteiger partial charge in [-0.05, 0) is 45.4 Å². The molecule has 2 aliphatic rings. The number of rotatable bonds is 5. The first-order valence-corrected chi connectivity index (χ1v) is 9.66. The largest absolute Gasteiger partial charge is 0.370 e. The maximum Gasteiger partial charge on any atom is 0.140 e. The zero-order chi connectivity index (χ0) is 14.5. The molecule has 0 spiro atoms. The molecule has 4 heteroatoms. The molecule has 0 aliphatic heterocycles. The second-order valence-corrected chi connectivity index (χ2v) is 7.51. The van der Waals surface area contributed by atoms with Crippen LogP contribution in [0.1, 0.15) is 69.0 Å². The van der Waals surface area contributed by atoms with Crippen LogP contribution >= 0.6 is 11.8 Å². The zero-order valence-electron chi connectivity index (χ0n) is 13.2. The van der Waals surface area contributed by atoms with Crippen LogP contribution < -0.4 is 5.32 Å². The summed E-state index contributed by atoms with van der Waals surface area (Å²) in [5.74, 6) is 3.14. The van der Waals surface area contributed by atoms with Gasteiger partial charge in [0.05, 0.1) is 5.75 Å². The van der Waals surface area contributed by atoms with Gasteiger partial charge < -0.3 is 5.32 Å². The van der Waals surface area contributed by atoms with E-state index in [0.29, 0.717) is 0 Å². The maximum atomic E-state index is 4.87. The van der Waals surface area contributed by atoms with Crippen molar-refractivity contribution >= 4 is 17.6 Å². The molecule has 21 heavy (non-hydrogen) atoms. The fourth-order valence-corrected chi connectivity index (χ4v) is 4.63. The van der Waals surface area contributed by atoms with E-state index in [0.717, 1.165) is 42.0 Å². The van der Waals surface area contributed by atoms with Crippen LogP contribution in [0.4, 0.5) is 5.82 Å². The maximum absolute atomic E-state index is 4.87. The average molecular weight is 305 g/mol. The van der Waals surface area contributed by atoms with Crippen LogP contribution in [-0.4, -0.2) is 21.8 Å². The van der Waals surface area contributed by atoms with E-state index < -0.39 is 0 Å². The molecule has 0 radical (unpaired) electrons. The van der Waals surface area contributed by atoms with Gasteiger partial charge in [-0.3, -0.25) is 0 Å². The highest BCUT2D eigenvalue weighted by Gasteiger charge is 2.19. The van der Waals surface area contributed by atoms with Gasteiger partial charge in [-0.25, -0.2) is 9.97 Å². The van der Waals surface area contributed by atoms with Gasteiger partial charge in [-0.15, -0.1) is 0 Å². The Hall–Kier alpha value is -0.770. The number of hydrogen-bond donors (Lipinski definition) is 1. The van der Waals surface area contributed by atoms with E-state index >= 15 is 0 Å². The Kier molecular flexibility index (Phi) is 5.39. The molecule has 1 fully saturated rings. The topological polar surface area (TPSA) is 37.8 Å². The molecule has 1 aromatic rings. The second-order valence-electron chi connectivity index (χ2n) is 6.22. The summed E-state index contributed by atoms with van der Waals surface area (Å²) >= 11 is 2.08. The Bertz CT molecular complexity index is 469. The Balaban J connectivity index is 1.70. The van der Waals surface area contributed by atoms with Crippen LogP contribution in [0, 0.1) is 0 Å². The first-order valence-electron chi connectivity index (χ1n) is 8.61. The Labute approximate surface area is 132 Å². The third kappa shape index (κ3) is 3.91. The second kappa shape index (κ2) is 7.48. The van der Waals surface area contributed by atoms with Gasteiger partial charge >= 0.3 is 0 Å². The molecule has 1 heterocycles. The molecule has 0 saturated heterocycles. The monoisotopic (exact) mass is 305 g/mol. The molecule has 1 saturated carbocycles. The zero-order valence-corrected chi connectivity index (χ0v) is 14.0. The first-order chi connectivity index (χ1) is 10.4. The fourth-order valence-electron chi connectivity index (χ4n) is 3.45. The minimum Gasteiger partial charge on any atom is -0.370 e. The van der Waals surface area contributed by atoms with Crippen molar-refractivity contribution in [2.75, 3.05) is 11.9 Å². The fraction of sp³-hybridized carbons (Fsp3) is 0.765. The van der Waals surface area contributed by atoms with E-state index in [9.17, 15) is 0 Å². The summed E-state index contributed by atoms with van der Waals surface area (Å²) in [6.45, 7) is 3.09. The molecule has 0 aromatic carbocycles. The van der Waals surface area contributed by atoms with Gasteiger partial charge in [0.25, 0.3) is 0 Å². The number of aromatic nitrogens is 2. The number of anilines is 1. The lowest BCUT2D eigenvalue weighted by Crippen LogP contribution is -2.15. The van der Waals surface area contributed by atoms with Crippen LogP contribution in [0.5, 0.6) is 0 Å². The molecule has 3 rings (SSSR count). The standard InChI is InChI=1S/C17H27N3S/c1-2-18-17-14-10-6-7-11-15(14)19-16(20-17)12-21-13-8-4-3-5-9-13/h13H,2-12H2,1H3,(H,18,19,20). The van der Waals surface area contributed by atoms with Crippen LogP contribution in [0.25, 0.3) is 0 Å². The van der Waals surface area contributed by atoms with E-state index in [1.54, 1.807) is 0 Å². The molecule has 0 atom stereocenters. The molecule has 1 N–H and O–H groups in total. The predicted octanol–water partition coefficient (Wildman–Crippen LogP) is 4.35. The average Bonchev–Trinajstić information content (AvgIpc) is 2.54. The Morgan fingerprint density at radius 2 is 1.86 bits per heavy atom. The minimum absolute atomic E-state index is 0.834. The molecule has 1 aromatic heterocycles. The van der Waals surface area contributed by atoms with Gasteiger partial charge in [0.15, 0.2) is 0 Å². The first kappa shape index (κ1) is 15.1. The van der Waals surface area contributed by atoms with Crippen LogP contribution in [0.15, 0.2) is 0 Å². The summed E-state index contributed by atoms with van der Waals surface area (Å²) in [5, 5.41) is 4.29. The van der Waals surface area contributed by atoms with Crippen molar-refractivity contribution in [3.63, 3.8) is 0 Å². The number of thioether (sulfide) groups is 1. The van der Waals surface area contributed by atoms with E-state index in [1.165, 1.54) is 56.2 Å². The number of fused-ring (bicyclic) bond motifs is 1. The highest BCUT2D eigenvalue weighted by molar-refractivity contribution is 7.99. The third-order valence-corrected chi connectivity index (χ3v) is 5.94. The molecule has 0 unspecified atom stereocenters. The normalized spacial score (nSPS) is 19.3. The van der Waals surface area contributed by atoms with E-state index in [2.05, 4.69) is 24.0 Å². The van der Waals surface area contributed by atoms with Crippen molar-refractivity contribution in [1.82, 2.24) is 9.97 Å². The highest BCUT2D eigenvalue weighted by atomic mass is 32.2. The van der Waals surface area contributed by atoms with Gasteiger partial charge in [-0.1, -0.05) is 19.3 Å². The van der Waals surface area contributed by atoms with Crippen molar-refractivity contribution in [2.45, 2.75) is 75.7 Å². The molecule has 3 nitrogen and oxygen atoms in total. The van der Waals surface area contributed by atoms with E-state index in [-0.39, 0.29) is 0 Å². The van der Waals surface area contributed by atoms with Gasteiger partial charge in [0.1, 0.15) is 11.6 Å². The minimum atomic E-state index is 0.834. The summed E-state index contributed by atoms with van der Waals surface area (Å²) in [7, 11) is 0. The van der Waals surface area contributed by atoms with Crippen molar-refractivity contribution in [3.8, 4) is 0 Å². The molecular weight excluding hydrogens is 278 g/mol. The summed E-state index contributed by atoms with van der Waals surface area (Å²) in [5.41, 5.74) is 2.70. The molecule has 0 amide bonds. The SMILES string of the molecule is CCNc1nc(CSC2CCCCC2)nc2c1CCCC2. The third-order valence-electron chi connectivity index (χ3n) is 4.57. The Morgan fingerprint density at radius 1 is 1.05 bits per heavy atom. The van der Waals surface area contributed by atoms with Crippen LogP contribution in [0.2, 0.25) is 0 Å². The van der Waals surface area contributed by atoms with Crippen molar-refractivity contribution < 1.29 is 0 Å². The molecule has 0 bridgehead atoms. The van der Waals surface area contributed by atoms with Gasteiger partial charge in [0, 0.05) is 23.1 Å². The van der Waals surface area contributed by atoms with E-state index in [1.807, 2.05) is 0 Å². The van der Waals surface area contributed by atoms with Gasteiger partial charge in [0.2, 0.25) is 0 Å². The number of nitrogens with one attached hydrogen (secondary N) is 1. The quantitative estimate of drug-likeness (QED) is 0.877. The van der Waals surface area contributed by atoms with Crippen molar-refractivity contribution in [2.24, 2.45) is 0 Å². The summed E-state index contributed by atoms with van der Waals surface area (Å²) < 4.78 is 0. The van der Waals surface area contributed by atoms with Crippen molar-refractivity contribution in [3.05, 3.63) is 17.1 Å². The van der Waals surface area contributed by atoms with Crippen LogP contribution in [-0.2, 0) is 18.6 Å².